The summed E-state index contributed by atoms with van der Waals surface area (Å²) in [6.07, 6.45) is 3.60. The van der Waals surface area contributed by atoms with Gasteiger partial charge in [-0.2, -0.15) is 0 Å². The summed E-state index contributed by atoms with van der Waals surface area (Å²) < 4.78 is 5.42. The lowest BCUT2D eigenvalue weighted by Gasteiger charge is -2.28. The van der Waals surface area contributed by atoms with Crippen molar-refractivity contribution in [2.24, 2.45) is 5.73 Å². The quantitative estimate of drug-likeness (QED) is 0.617. The Labute approximate surface area is 169 Å². The van der Waals surface area contributed by atoms with Crippen LogP contribution in [-0.4, -0.2) is 42.3 Å². The molecule has 3 heterocycles. The molecular formula is C21H24N6O2. The van der Waals surface area contributed by atoms with Gasteiger partial charge in [-0.1, -0.05) is 0 Å². The molecule has 150 valence electrons. The minimum Gasteiger partial charge on any atom is -0.381 e. The Morgan fingerprint density at radius 3 is 2.83 bits per heavy atom. The zero-order valence-corrected chi connectivity index (χ0v) is 16.3. The molecule has 1 aliphatic rings. The van der Waals surface area contributed by atoms with E-state index in [2.05, 4.69) is 37.6 Å². The van der Waals surface area contributed by atoms with Crippen molar-refractivity contribution in [2.45, 2.75) is 13.5 Å². The van der Waals surface area contributed by atoms with Crippen molar-refractivity contribution in [1.29, 1.82) is 0 Å². The predicted molar refractivity (Wildman–Crippen MR) is 114 cm³/mol. The fourth-order valence-electron chi connectivity index (χ4n) is 3.48. The highest BCUT2D eigenvalue weighted by Crippen LogP contribution is 2.25. The number of ether oxygens (including phenoxy) is 1. The van der Waals surface area contributed by atoms with Gasteiger partial charge in [0, 0.05) is 43.1 Å². The maximum Gasteiger partial charge on any atom is 0.317 e. The lowest BCUT2D eigenvalue weighted by Crippen LogP contribution is -2.36. The van der Waals surface area contributed by atoms with Gasteiger partial charge in [0.15, 0.2) is 0 Å². The number of nitrogens with two attached hydrogens (primary N) is 1. The second-order valence-corrected chi connectivity index (χ2v) is 7.05. The van der Waals surface area contributed by atoms with Crippen LogP contribution in [0.15, 0.2) is 42.7 Å². The normalized spacial score (nSPS) is 14.0. The number of aryl methyl sites for hydroxylation is 1. The van der Waals surface area contributed by atoms with E-state index in [1.165, 1.54) is 0 Å². The van der Waals surface area contributed by atoms with Crippen molar-refractivity contribution >= 4 is 34.1 Å². The summed E-state index contributed by atoms with van der Waals surface area (Å²) in [6.45, 7) is 5.93. The van der Waals surface area contributed by atoms with Crippen LogP contribution in [0.2, 0.25) is 0 Å². The average Bonchev–Trinajstić information content (AvgIpc) is 2.72. The summed E-state index contributed by atoms with van der Waals surface area (Å²) in [5.41, 5.74) is 8.45. The number of nitrogens with zero attached hydrogens (tertiary/aromatic N) is 3. The van der Waals surface area contributed by atoms with Crippen LogP contribution in [-0.2, 0) is 11.3 Å². The highest BCUT2D eigenvalue weighted by atomic mass is 16.5. The summed E-state index contributed by atoms with van der Waals surface area (Å²) in [6, 6.07) is 9.46. The van der Waals surface area contributed by atoms with E-state index in [0.717, 1.165) is 59.7 Å². The smallest absolute Gasteiger partial charge is 0.317 e. The van der Waals surface area contributed by atoms with E-state index in [0.29, 0.717) is 12.4 Å². The number of benzene rings is 1. The van der Waals surface area contributed by atoms with Crippen LogP contribution in [0.25, 0.3) is 10.8 Å². The number of pyridine rings is 2. The summed E-state index contributed by atoms with van der Waals surface area (Å²) in [5.74, 6) is 1.42. The first-order valence-corrected chi connectivity index (χ1v) is 9.57. The van der Waals surface area contributed by atoms with Crippen molar-refractivity contribution in [2.75, 3.05) is 41.8 Å². The third-order valence-electron chi connectivity index (χ3n) is 4.94. The molecule has 0 aliphatic carbocycles. The highest BCUT2D eigenvalue weighted by molar-refractivity contribution is 5.93. The number of fused-ring (bicyclic) bond motifs is 1. The Kier molecular flexibility index (Phi) is 5.44. The third kappa shape index (κ3) is 4.55. The number of primary amides is 1. The van der Waals surface area contributed by atoms with Gasteiger partial charge in [-0.25, -0.2) is 14.8 Å². The monoisotopic (exact) mass is 392 g/mol. The van der Waals surface area contributed by atoms with Crippen LogP contribution in [0.5, 0.6) is 0 Å². The summed E-state index contributed by atoms with van der Waals surface area (Å²) in [4.78, 5) is 22.1. The number of aromatic nitrogens is 2. The van der Waals surface area contributed by atoms with Crippen LogP contribution in [0.3, 0.4) is 0 Å². The zero-order chi connectivity index (χ0) is 20.2. The number of amides is 2. The number of carbonyl (C=O) groups excluding carboxylic acids is 1. The molecule has 1 aromatic carbocycles. The van der Waals surface area contributed by atoms with Gasteiger partial charge in [-0.3, -0.25) is 5.32 Å². The first-order valence-electron chi connectivity index (χ1n) is 9.57. The van der Waals surface area contributed by atoms with Crippen molar-refractivity contribution in [3.05, 3.63) is 53.9 Å². The van der Waals surface area contributed by atoms with Crippen LogP contribution < -0.4 is 21.3 Å². The van der Waals surface area contributed by atoms with Gasteiger partial charge in [-0.05, 0) is 53.8 Å². The second kappa shape index (κ2) is 8.32. The van der Waals surface area contributed by atoms with Gasteiger partial charge in [0.05, 0.1) is 13.2 Å². The summed E-state index contributed by atoms with van der Waals surface area (Å²) >= 11 is 0. The van der Waals surface area contributed by atoms with Crippen molar-refractivity contribution in [3.8, 4) is 0 Å². The van der Waals surface area contributed by atoms with E-state index in [1.807, 2.05) is 31.3 Å². The molecule has 0 spiro atoms. The summed E-state index contributed by atoms with van der Waals surface area (Å²) in [5, 5.41) is 8.01. The fraction of sp³-hybridized carbons (Fsp3) is 0.286. The molecule has 29 heavy (non-hydrogen) atoms. The molecule has 0 unspecified atom stereocenters. The first-order chi connectivity index (χ1) is 14.1. The molecule has 4 rings (SSSR count). The lowest BCUT2D eigenvalue weighted by molar-refractivity contribution is 0.122. The van der Waals surface area contributed by atoms with Crippen molar-refractivity contribution < 1.29 is 9.53 Å². The molecule has 8 heteroatoms. The molecule has 0 bridgehead atoms. The number of anilines is 3. The molecule has 3 aromatic rings. The molecule has 1 saturated heterocycles. The lowest BCUT2D eigenvalue weighted by atomic mass is 10.1. The molecule has 2 aromatic heterocycles. The van der Waals surface area contributed by atoms with Crippen LogP contribution >= 0.6 is 0 Å². The maximum atomic E-state index is 11.1. The molecule has 1 fully saturated rings. The number of morpholine rings is 1. The Bertz CT molecular complexity index is 1030. The fourth-order valence-corrected chi connectivity index (χ4v) is 3.48. The Morgan fingerprint density at radius 1 is 1.21 bits per heavy atom. The minimum absolute atomic E-state index is 0.436. The van der Waals surface area contributed by atoms with E-state index >= 15 is 0 Å². The Morgan fingerprint density at radius 2 is 2.03 bits per heavy atom. The van der Waals surface area contributed by atoms with Gasteiger partial charge in [-0.15, -0.1) is 0 Å². The third-order valence-corrected chi connectivity index (χ3v) is 4.94. The van der Waals surface area contributed by atoms with Crippen LogP contribution in [0, 0.1) is 6.92 Å². The van der Waals surface area contributed by atoms with Crippen LogP contribution in [0.1, 0.15) is 11.1 Å². The number of hydrogen-bond donors (Lipinski definition) is 3. The van der Waals surface area contributed by atoms with Crippen molar-refractivity contribution in [3.63, 3.8) is 0 Å². The van der Waals surface area contributed by atoms with Gasteiger partial charge >= 0.3 is 6.03 Å². The molecule has 8 nitrogen and oxygen atoms in total. The van der Waals surface area contributed by atoms with E-state index in [9.17, 15) is 4.79 Å². The highest BCUT2D eigenvalue weighted by Gasteiger charge is 2.12. The number of rotatable bonds is 5. The summed E-state index contributed by atoms with van der Waals surface area (Å²) in [7, 11) is 0. The zero-order valence-electron chi connectivity index (χ0n) is 16.3. The van der Waals surface area contributed by atoms with E-state index in [1.54, 1.807) is 6.20 Å². The van der Waals surface area contributed by atoms with Gasteiger partial charge in [0.1, 0.15) is 11.6 Å². The number of urea groups is 1. The van der Waals surface area contributed by atoms with Crippen molar-refractivity contribution in [1.82, 2.24) is 9.97 Å². The second-order valence-electron chi connectivity index (χ2n) is 7.05. The topological polar surface area (TPSA) is 105 Å². The Balaban J connectivity index is 1.51. The average molecular weight is 392 g/mol. The largest absolute Gasteiger partial charge is 0.381 e. The van der Waals surface area contributed by atoms with Gasteiger partial charge in [0.25, 0.3) is 0 Å². The standard InChI is InChI=1S/C21H24N6O2/c1-14-8-17(10-16-11-19(26-21(22)28)25-13-18(14)16)24-12-15-2-3-23-20(9-15)27-4-6-29-7-5-27/h2-3,8-11,13,24H,4-7,12H2,1H3,(H3,22,25,26,28). The predicted octanol–water partition coefficient (Wildman–Crippen LogP) is 2.88. The van der Waals surface area contributed by atoms with E-state index in [-0.39, 0.29) is 0 Å². The molecule has 0 radical (unpaired) electrons. The SMILES string of the molecule is Cc1cc(NCc2ccnc(N3CCOCC3)c2)cc2cc(NC(N)=O)ncc12. The van der Waals surface area contributed by atoms with Gasteiger partial charge in [0.2, 0.25) is 0 Å². The first kappa shape index (κ1) is 18.9. The maximum absolute atomic E-state index is 11.1. The molecule has 0 saturated carbocycles. The van der Waals surface area contributed by atoms with E-state index < -0.39 is 6.03 Å². The van der Waals surface area contributed by atoms with Gasteiger partial charge < -0.3 is 20.7 Å². The number of carbonyl (C=O) groups is 1. The van der Waals surface area contributed by atoms with E-state index in [4.69, 9.17) is 10.5 Å². The Hall–Kier alpha value is -3.39. The minimum atomic E-state index is -0.628. The molecule has 0 atom stereocenters. The number of hydrogen-bond acceptors (Lipinski definition) is 6. The molecule has 2 amide bonds. The molecule has 4 N–H and O–H groups in total. The molecule has 1 aliphatic heterocycles. The molecular weight excluding hydrogens is 368 g/mol. The van der Waals surface area contributed by atoms with Crippen LogP contribution in [0.4, 0.5) is 22.1 Å². The number of nitrogens with one attached hydrogen (secondary N) is 2.